The predicted octanol–water partition coefficient (Wildman–Crippen LogP) is 8.70. The Bertz CT molecular complexity index is 1370. The summed E-state index contributed by atoms with van der Waals surface area (Å²) >= 11 is 0. The summed E-state index contributed by atoms with van der Waals surface area (Å²) in [4.78, 5) is 35.7. The van der Waals surface area contributed by atoms with Crippen molar-refractivity contribution in [2.45, 2.75) is 223 Å². The smallest absolute Gasteiger partial charge is 0.462 e. The Morgan fingerprint density at radius 1 is 0.547 bits per heavy atom. The number of aliphatic hydroxyl groups excluding tert-OH is 6. The number of phosphoric ester groups is 1. The molecule has 1 saturated carbocycles. The Kier molecular flexibility index (Phi) is 35.9. The zero-order chi connectivity index (χ0) is 47.3. The number of carbonyl (C=O) groups is 2. The number of allylic oxidation sites excluding steroid dienone is 10. The number of aliphatic hydroxyl groups is 6. The van der Waals surface area contributed by atoms with Crippen LogP contribution < -0.4 is 0 Å². The van der Waals surface area contributed by atoms with Crippen LogP contribution >= 0.6 is 7.82 Å². The molecule has 0 amide bonds. The molecule has 1 aliphatic carbocycles. The van der Waals surface area contributed by atoms with Crippen LogP contribution in [0.5, 0.6) is 0 Å². The fourth-order valence-electron chi connectivity index (χ4n) is 6.90. The summed E-state index contributed by atoms with van der Waals surface area (Å²) in [7, 11) is -5.14. The average Bonchev–Trinajstić information content (AvgIpc) is 3.28. The summed E-state index contributed by atoms with van der Waals surface area (Å²) in [5.74, 6) is -1.19. The maximum atomic E-state index is 12.8. The van der Waals surface area contributed by atoms with Gasteiger partial charge in [-0.05, 0) is 83.5 Å². The van der Waals surface area contributed by atoms with E-state index in [4.69, 9.17) is 18.5 Å². The third-order valence-electron chi connectivity index (χ3n) is 11.0. The monoisotopic (exact) mass is 929 g/mol. The summed E-state index contributed by atoms with van der Waals surface area (Å²) in [5, 5.41) is 59.8. The van der Waals surface area contributed by atoms with Gasteiger partial charge in [-0.3, -0.25) is 18.6 Å². The van der Waals surface area contributed by atoms with Crippen molar-refractivity contribution in [2.75, 3.05) is 13.2 Å². The minimum absolute atomic E-state index is 0.0712. The van der Waals surface area contributed by atoms with E-state index >= 15 is 0 Å². The molecule has 0 bridgehead atoms. The van der Waals surface area contributed by atoms with E-state index in [0.717, 1.165) is 89.9 Å². The number of hydrogen-bond acceptors (Lipinski definition) is 13. The van der Waals surface area contributed by atoms with E-state index in [-0.39, 0.29) is 18.9 Å². The van der Waals surface area contributed by atoms with Gasteiger partial charge in [0.25, 0.3) is 0 Å². The molecular formula is C49H85O14P. The summed E-state index contributed by atoms with van der Waals surface area (Å²) < 4.78 is 33.5. The number of rotatable bonds is 39. The van der Waals surface area contributed by atoms with Gasteiger partial charge in [0.2, 0.25) is 0 Å². The van der Waals surface area contributed by atoms with Gasteiger partial charge in [-0.15, -0.1) is 0 Å². The van der Waals surface area contributed by atoms with Crippen LogP contribution in [-0.4, -0.2) is 110 Å². The maximum absolute atomic E-state index is 12.8. The lowest BCUT2D eigenvalue weighted by Crippen LogP contribution is -2.64. The van der Waals surface area contributed by atoms with Gasteiger partial charge in [0.1, 0.15) is 43.2 Å². The summed E-state index contributed by atoms with van der Waals surface area (Å²) in [6.45, 7) is 2.97. The predicted molar refractivity (Wildman–Crippen MR) is 250 cm³/mol. The topological polar surface area (TPSA) is 230 Å². The third kappa shape index (κ3) is 30.7. The second-order valence-electron chi connectivity index (χ2n) is 16.7. The first-order valence-corrected chi connectivity index (χ1v) is 25.7. The molecule has 370 valence electrons. The highest BCUT2D eigenvalue weighted by atomic mass is 31.2. The normalized spacial score (nSPS) is 22.6. The van der Waals surface area contributed by atoms with Gasteiger partial charge in [-0.1, -0.05) is 139 Å². The molecule has 3 unspecified atom stereocenters. The molecule has 0 heterocycles. The Labute approximate surface area is 384 Å². The van der Waals surface area contributed by atoms with Crippen LogP contribution in [0.25, 0.3) is 0 Å². The second kappa shape index (κ2) is 38.6. The molecule has 0 aromatic heterocycles. The molecule has 14 nitrogen and oxygen atoms in total. The van der Waals surface area contributed by atoms with E-state index in [1.54, 1.807) is 0 Å². The molecular weight excluding hydrogens is 843 g/mol. The highest BCUT2D eigenvalue weighted by Crippen LogP contribution is 2.47. The van der Waals surface area contributed by atoms with Crippen LogP contribution in [-0.2, 0) is 32.7 Å². The lowest BCUT2D eigenvalue weighted by atomic mass is 9.85. The van der Waals surface area contributed by atoms with Crippen LogP contribution in [0.15, 0.2) is 60.8 Å². The Hall–Kier alpha value is -2.49. The molecule has 0 saturated heterocycles. The molecule has 64 heavy (non-hydrogen) atoms. The number of ether oxygens (including phenoxy) is 2. The van der Waals surface area contributed by atoms with Gasteiger partial charge >= 0.3 is 19.8 Å². The molecule has 1 rings (SSSR count). The fourth-order valence-corrected chi connectivity index (χ4v) is 7.87. The summed E-state index contributed by atoms with van der Waals surface area (Å²) in [5.41, 5.74) is 0. The highest BCUT2D eigenvalue weighted by molar-refractivity contribution is 7.47. The molecule has 0 radical (unpaired) electrons. The van der Waals surface area contributed by atoms with Crippen molar-refractivity contribution in [2.24, 2.45) is 0 Å². The van der Waals surface area contributed by atoms with E-state index in [2.05, 4.69) is 55.5 Å². The maximum Gasteiger partial charge on any atom is 0.472 e. The Morgan fingerprint density at radius 3 is 1.53 bits per heavy atom. The first kappa shape index (κ1) is 59.5. The number of unbranched alkanes of at least 4 members (excludes halogenated alkanes) is 14. The van der Waals surface area contributed by atoms with Crippen molar-refractivity contribution in [3.63, 3.8) is 0 Å². The molecule has 0 spiro atoms. The summed E-state index contributed by atoms with van der Waals surface area (Å²) in [6, 6.07) is 0. The molecule has 0 aromatic carbocycles. The first-order valence-electron chi connectivity index (χ1n) is 24.2. The van der Waals surface area contributed by atoms with Gasteiger partial charge in [0.15, 0.2) is 6.10 Å². The number of phosphoric acid groups is 1. The van der Waals surface area contributed by atoms with Crippen molar-refractivity contribution in [1.82, 2.24) is 0 Å². The van der Waals surface area contributed by atoms with Crippen molar-refractivity contribution in [1.29, 1.82) is 0 Å². The first-order chi connectivity index (χ1) is 30.8. The Morgan fingerprint density at radius 2 is 0.984 bits per heavy atom. The van der Waals surface area contributed by atoms with Gasteiger partial charge in [0.05, 0.1) is 12.7 Å². The standard InChI is InChI=1S/C49H85O14P/c1-3-5-6-7-8-9-10-11-12-13-14-19-22-25-28-31-34-37-43(52)62-41(39-61-64(58,59)63-49-47(56)45(54)44(53)46(55)48(49)57)38-60-42(51)36-33-30-27-24-21-18-16-15-17-20-23-26-29-32-35-40(50)4-2/h11-12,16-18,20,24,26-27,29,40-41,44-50,53-57H,3-10,13-15,19,21-23,25,28,30-39H2,1-2H3,(H,58,59)/b12-11-,18-16-,20-17-,27-24-,29-26-/t40-,41+,44?,45-,46+,47+,48+,49?/m0/s1. The van der Waals surface area contributed by atoms with Gasteiger partial charge in [-0.25, -0.2) is 4.57 Å². The number of carbonyl (C=O) groups excluding carboxylic acids is 2. The second-order valence-corrected chi connectivity index (χ2v) is 18.2. The van der Waals surface area contributed by atoms with Gasteiger partial charge in [0, 0.05) is 12.8 Å². The van der Waals surface area contributed by atoms with Crippen LogP contribution in [0.1, 0.15) is 174 Å². The van der Waals surface area contributed by atoms with Crippen LogP contribution in [0.4, 0.5) is 0 Å². The minimum atomic E-state index is -5.14. The van der Waals surface area contributed by atoms with Crippen LogP contribution in [0.2, 0.25) is 0 Å². The lowest BCUT2D eigenvalue weighted by molar-refractivity contribution is -0.220. The molecule has 1 fully saturated rings. The van der Waals surface area contributed by atoms with Crippen LogP contribution in [0, 0.1) is 0 Å². The molecule has 0 aliphatic heterocycles. The van der Waals surface area contributed by atoms with Crippen molar-refractivity contribution in [3.8, 4) is 0 Å². The number of hydrogen-bond donors (Lipinski definition) is 7. The lowest BCUT2D eigenvalue weighted by Gasteiger charge is -2.41. The average molecular weight is 929 g/mol. The van der Waals surface area contributed by atoms with E-state index in [1.165, 1.54) is 38.5 Å². The molecule has 9 atom stereocenters. The molecule has 0 aromatic rings. The van der Waals surface area contributed by atoms with E-state index in [0.29, 0.717) is 19.3 Å². The summed E-state index contributed by atoms with van der Waals surface area (Å²) in [6.07, 6.45) is 30.7. The zero-order valence-corrected chi connectivity index (χ0v) is 39.8. The van der Waals surface area contributed by atoms with E-state index in [9.17, 15) is 49.7 Å². The largest absolute Gasteiger partial charge is 0.472 e. The number of esters is 2. The van der Waals surface area contributed by atoms with Gasteiger partial charge < -0.3 is 45.0 Å². The van der Waals surface area contributed by atoms with Crippen LogP contribution in [0.3, 0.4) is 0 Å². The fraction of sp³-hybridized carbons (Fsp3) is 0.755. The molecule has 7 N–H and O–H groups in total. The quantitative estimate of drug-likeness (QED) is 0.0132. The SMILES string of the molecule is CCCCCCCC/C=C\CCCCCCCCCC(=O)O[C@H](COC(=O)CCC/C=C\C/C=C\C/C=C\C/C=C\CC[C@@H](O)CC)COP(=O)(O)OC1[C@H](O)[C@H](O)C(O)[C@H](O)[C@H]1O. The molecule has 15 heteroatoms. The van der Waals surface area contributed by atoms with Crippen molar-refractivity contribution >= 4 is 19.8 Å². The van der Waals surface area contributed by atoms with E-state index < -0.39 is 75.7 Å². The molecule has 1 aliphatic rings. The highest BCUT2D eigenvalue weighted by Gasteiger charge is 2.51. The van der Waals surface area contributed by atoms with E-state index in [1.807, 2.05) is 19.1 Å². The van der Waals surface area contributed by atoms with Gasteiger partial charge in [-0.2, -0.15) is 0 Å². The van der Waals surface area contributed by atoms with Crippen molar-refractivity contribution < 1.29 is 68.2 Å². The Balaban J connectivity index is 2.49. The van der Waals surface area contributed by atoms with Crippen molar-refractivity contribution in [3.05, 3.63) is 60.8 Å². The minimum Gasteiger partial charge on any atom is -0.462 e. The third-order valence-corrected chi connectivity index (χ3v) is 12.0. The zero-order valence-electron chi connectivity index (χ0n) is 38.9.